The number of rotatable bonds is 8. The summed E-state index contributed by atoms with van der Waals surface area (Å²) in [6, 6.07) is 9.53. The Morgan fingerprint density at radius 2 is 1.96 bits per heavy atom. The number of benzene rings is 1. The predicted octanol–water partition coefficient (Wildman–Crippen LogP) is 5.73. The third-order valence-electron chi connectivity index (χ3n) is 3.56. The van der Waals surface area contributed by atoms with Crippen molar-refractivity contribution in [2.45, 2.75) is 19.5 Å². The van der Waals surface area contributed by atoms with Gasteiger partial charge in [0.05, 0.1) is 14.9 Å². The molecule has 1 N–H and O–H groups in total. The fourth-order valence-corrected chi connectivity index (χ4v) is 4.07. The number of nitrogens with one attached hydrogen (secondary N) is 1. The molecule has 3 rings (SSSR count). The molecule has 0 saturated heterocycles. The molecule has 0 radical (unpaired) electrons. The number of amides is 1. The Balaban J connectivity index is 1.60. The number of carbonyl (C=O) groups is 2. The van der Waals surface area contributed by atoms with Gasteiger partial charge in [-0.1, -0.05) is 23.7 Å². The summed E-state index contributed by atoms with van der Waals surface area (Å²) in [5.41, 5.74) is 0.796. The third kappa shape index (κ3) is 5.34. The number of alkyl halides is 2. The maximum absolute atomic E-state index is 12.5. The molecule has 0 aliphatic rings. The monoisotopic (exact) mass is 442 g/mol. The summed E-state index contributed by atoms with van der Waals surface area (Å²) < 4.78 is 30.1. The molecule has 0 fully saturated rings. The lowest BCUT2D eigenvalue weighted by molar-refractivity contribution is -0.116. The van der Waals surface area contributed by atoms with Crippen LogP contribution in [0.15, 0.2) is 41.8 Å². The molecule has 1 amide bonds. The quantitative estimate of drug-likeness (QED) is 0.452. The van der Waals surface area contributed by atoms with Gasteiger partial charge in [-0.25, -0.2) is 4.98 Å². The van der Waals surface area contributed by atoms with Gasteiger partial charge in [-0.15, -0.1) is 22.7 Å². The van der Waals surface area contributed by atoms with Gasteiger partial charge in [-0.2, -0.15) is 8.78 Å². The second-order valence-electron chi connectivity index (χ2n) is 5.49. The number of thiazole rings is 1. The lowest BCUT2D eigenvalue weighted by Crippen LogP contribution is -2.13. The highest BCUT2D eigenvalue weighted by atomic mass is 35.5. The molecule has 0 spiro atoms. The van der Waals surface area contributed by atoms with Crippen molar-refractivity contribution in [1.29, 1.82) is 0 Å². The van der Waals surface area contributed by atoms with Gasteiger partial charge in [0.15, 0.2) is 10.9 Å². The largest absolute Gasteiger partial charge is 0.434 e. The summed E-state index contributed by atoms with van der Waals surface area (Å²) >= 11 is 8.11. The molecule has 2 aromatic heterocycles. The van der Waals surface area contributed by atoms with Crippen molar-refractivity contribution < 1.29 is 23.1 Å². The summed E-state index contributed by atoms with van der Waals surface area (Å²) in [5, 5.41) is 4.54. The molecule has 0 atom stereocenters. The van der Waals surface area contributed by atoms with Crippen LogP contribution in [0.3, 0.4) is 0 Å². The number of anilines is 1. The van der Waals surface area contributed by atoms with Gasteiger partial charge in [0.1, 0.15) is 5.75 Å². The van der Waals surface area contributed by atoms with E-state index >= 15 is 0 Å². The number of ketones is 1. The number of halogens is 3. The van der Waals surface area contributed by atoms with Crippen LogP contribution in [-0.2, 0) is 4.79 Å². The summed E-state index contributed by atoms with van der Waals surface area (Å²) in [4.78, 5) is 28.8. The number of aromatic nitrogens is 1. The molecule has 10 heteroatoms. The normalized spacial score (nSPS) is 10.9. The van der Waals surface area contributed by atoms with Gasteiger partial charge in [0.25, 0.3) is 0 Å². The molecule has 3 aromatic rings. The fourth-order valence-electron chi connectivity index (χ4n) is 2.33. The van der Waals surface area contributed by atoms with Crippen LogP contribution in [0, 0.1) is 0 Å². The van der Waals surface area contributed by atoms with Gasteiger partial charge < -0.3 is 10.1 Å². The van der Waals surface area contributed by atoms with E-state index in [0.29, 0.717) is 25.6 Å². The van der Waals surface area contributed by atoms with Crippen molar-refractivity contribution in [3.63, 3.8) is 0 Å². The second-order valence-corrected chi connectivity index (χ2v) is 8.06. The highest BCUT2D eigenvalue weighted by molar-refractivity contribution is 7.18. The smallest absolute Gasteiger partial charge is 0.387 e. The summed E-state index contributed by atoms with van der Waals surface area (Å²) in [7, 11) is 0. The Hall–Kier alpha value is -2.36. The Labute approximate surface area is 171 Å². The minimum absolute atomic E-state index is 0.000817. The van der Waals surface area contributed by atoms with Crippen LogP contribution in [0.25, 0.3) is 11.3 Å². The topological polar surface area (TPSA) is 68.3 Å². The van der Waals surface area contributed by atoms with Crippen molar-refractivity contribution in [2.75, 3.05) is 5.32 Å². The van der Waals surface area contributed by atoms with E-state index in [1.165, 1.54) is 17.4 Å². The molecule has 146 valence electrons. The summed E-state index contributed by atoms with van der Waals surface area (Å²) in [6.45, 7) is -2.95. The van der Waals surface area contributed by atoms with Crippen LogP contribution in [0.2, 0.25) is 4.34 Å². The molecule has 0 aliphatic heterocycles. The van der Waals surface area contributed by atoms with Crippen LogP contribution in [0.1, 0.15) is 22.5 Å². The lowest BCUT2D eigenvalue weighted by atomic mass is 10.1. The zero-order valence-electron chi connectivity index (χ0n) is 14.2. The molecule has 0 aliphatic carbocycles. The standard InChI is InChI=1S/C18H13ClF2N2O3S2/c19-15-7-6-14(28-15)12(24)5-8-16(25)23-18-22-11(9-27-18)10-3-1-2-4-13(10)26-17(20)21/h1-4,6-7,9,17H,5,8H2,(H,22,23,25). The Kier molecular flexibility index (Phi) is 6.71. The Bertz CT molecular complexity index is 991. The number of carbonyl (C=O) groups excluding carboxylic acids is 2. The fraction of sp³-hybridized carbons (Fsp3) is 0.167. The van der Waals surface area contributed by atoms with Crippen LogP contribution in [-0.4, -0.2) is 23.3 Å². The molecule has 5 nitrogen and oxygen atoms in total. The first-order valence-electron chi connectivity index (χ1n) is 8.00. The molecule has 1 aromatic carbocycles. The van der Waals surface area contributed by atoms with Crippen LogP contribution < -0.4 is 10.1 Å². The number of nitrogens with zero attached hydrogens (tertiary/aromatic N) is 1. The van der Waals surface area contributed by atoms with Gasteiger partial charge in [0.2, 0.25) is 5.91 Å². The number of ether oxygens (including phenoxy) is 1. The molecular formula is C18H13ClF2N2O3S2. The van der Waals surface area contributed by atoms with Crippen molar-refractivity contribution in [3.05, 3.63) is 51.0 Å². The Morgan fingerprint density at radius 3 is 2.68 bits per heavy atom. The first-order chi connectivity index (χ1) is 13.4. The minimum Gasteiger partial charge on any atom is -0.434 e. The minimum atomic E-state index is -2.95. The van der Waals surface area contributed by atoms with Crippen LogP contribution in [0.4, 0.5) is 13.9 Å². The van der Waals surface area contributed by atoms with Gasteiger partial charge in [-0.3, -0.25) is 9.59 Å². The van der Waals surface area contributed by atoms with E-state index < -0.39 is 6.61 Å². The molecule has 2 heterocycles. The van der Waals surface area contributed by atoms with E-state index in [9.17, 15) is 18.4 Å². The summed E-state index contributed by atoms with van der Waals surface area (Å²) in [6.07, 6.45) is 0.0420. The van der Waals surface area contributed by atoms with Crippen LogP contribution in [0.5, 0.6) is 5.75 Å². The number of para-hydroxylation sites is 1. The maximum Gasteiger partial charge on any atom is 0.387 e. The SMILES string of the molecule is O=C(CCC(=O)c1ccc(Cl)s1)Nc1nc(-c2ccccc2OC(F)F)cs1. The zero-order valence-corrected chi connectivity index (χ0v) is 16.5. The zero-order chi connectivity index (χ0) is 20.1. The average Bonchev–Trinajstić information content (AvgIpc) is 3.29. The van der Waals surface area contributed by atoms with E-state index in [-0.39, 0.29) is 30.3 Å². The third-order valence-corrected chi connectivity index (χ3v) is 5.59. The lowest BCUT2D eigenvalue weighted by Gasteiger charge is -2.08. The molecule has 0 unspecified atom stereocenters. The van der Waals surface area contributed by atoms with Gasteiger partial charge in [-0.05, 0) is 24.3 Å². The van der Waals surface area contributed by atoms with Gasteiger partial charge >= 0.3 is 6.61 Å². The highest BCUT2D eigenvalue weighted by Crippen LogP contribution is 2.33. The van der Waals surface area contributed by atoms with Crippen molar-refractivity contribution in [1.82, 2.24) is 4.98 Å². The first kappa shape index (κ1) is 20.4. The van der Waals surface area contributed by atoms with Crippen molar-refractivity contribution in [2.24, 2.45) is 0 Å². The van der Waals surface area contributed by atoms with E-state index in [4.69, 9.17) is 11.6 Å². The summed E-state index contributed by atoms with van der Waals surface area (Å²) in [5.74, 6) is -0.528. The predicted molar refractivity (Wildman–Crippen MR) is 106 cm³/mol. The van der Waals surface area contributed by atoms with E-state index in [2.05, 4.69) is 15.0 Å². The molecule has 0 bridgehead atoms. The van der Waals surface area contributed by atoms with Crippen molar-refractivity contribution in [3.8, 4) is 17.0 Å². The number of hydrogen-bond donors (Lipinski definition) is 1. The highest BCUT2D eigenvalue weighted by Gasteiger charge is 2.15. The average molecular weight is 443 g/mol. The van der Waals surface area contributed by atoms with Crippen LogP contribution >= 0.6 is 34.3 Å². The van der Waals surface area contributed by atoms with Crippen molar-refractivity contribution >= 4 is 51.1 Å². The van der Waals surface area contributed by atoms with Gasteiger partial charge in [0, 0.05) is 23.8 Å². The van der Waals surface area contributed by atoms with E-state index in [1.807, 2.05) is 0 Å². The molecule has 0 saturated carbocycles. The second kappa shape index (κ2) is 9.22. The maximum atomic E-state index is 12.5. The number of thiophene rings is 1. The first-order valence-corrected chi connectivity index (χ1v) is 10.1. The molecular weight excluding hydrogens is 430 g/mol. The van der Waals surface area contributed by atoms with E-state index in [1.54, 1.807) is 35.7 Å². The number of hydrogen-bond acceptors (Lipinski definition) is 6. The Morgan fingerprint density at radius 1 is 1.18 bits per heavy atom. The van der Waals surface area contributed by atoms with E-state index in [0.717, 1.165) is 11.3 Å². The molecule has 28 heavy (non-hydrogen) atoms. The number of Topliss-reactive ketones (excluding diaryl/α,β-unsaturated/α-hetero) is 1.